The number of likely N-dealkylation sites (tertiary alicyclic amines) is 1. The third-order valence-corrected chi connectivity index (χ3v) is 6.06. The number of pyridine rings is 1. The third kappa shape index (κ3) is 4.35. The maximum atomic E-state index is 13.4. The summed E-state index contributed by atoms with van der Waals surface area (Å²) in [6.45, 7) is 7.65. The van der Waals surface area contributed by atoms with E-state index >= 15 is 0 Å². The number of hydrogen-bond acceptors (Lipinski definition) is 7. The normalized spacial score (nSPS) is 16.1. The van der Waals surface area contributed by atoms with Gasteiger partial charge in [0, 0.05) is 36.1 Å². The van der Waals surface area contributed by atoms with Crippen molar-refractivity contribution in [3.05, 3.63) is 39.5 Å². The number of thiazole rings is 1. The molecule has 3 rings (SSSR count). The van der Waals surface area contributed by atoms with Gasteiger partial charge in [-0.2, -0.15) is 0 Å². The minimum atomic E-state index is -0.660. The van der Waals surface area contributed by atoms with Crippen molar-refractivity contribution < 1.29 is 19.1 Å². The second kappa shape index (κ2) is 8.91. The first kappa shape index (κ1) is 21.9. The molecule has 0 N–H and O–H groups in total. The lowest BCUT2D eigenvalue weighted by Gasteiger charge is -2.27. The molecule has 1 atom stereocenters. The van der Waals surface area contributed by atoms with Crippen molar-refractivity contribution in [3.63, 3.8) is 0 Å². The lowest BCUT2D eigenvalue weighted by atomic mass is 10.1. The quantitative estimate of drug-likeness (QED) is 0.675. The third-order valence-electron chi connectivity index (χ3n) is 4.99. The Labute approximate surface area is 179 Å². The highest BCUT2D eigenvalue weighted by Crippen LogP contribution is 2.35. The Hall–Kier alpha value is -2.81. The maximum absolute atomic E-state index is 13.4. The average Bonchev–Trinajstić information content (AvgIpc) is 3.34. The van der Waals surface area contributed by atoms with Crippen molar-refractivity contribution >= 4 is 34.9 Å². The van der Waals surface area contributed by atoms with Crippen LogP contribution in [0, 0.1) is 6.92 Å². The molecule has 1 aliphatic rings. The number of esters is 1. The van der Waals surface area contributed by atoms with E-state index in [1.807, 2.05) is 26.2 Å². The fraction of sp³-hybridized carbons (Fsp3) is 0.476. The number of carbonyl (C=O) groups excluding carboxylic acids is 3. The number of rotatable bonds is 5. The van der Waals surface area contributed by atoms with Crippen molar-refractivity contribution in [1.29, 1.82) is 0 Å². The molecule has 8 nitrogen and oxygen atoms in total. The van der Waals surface area contributed by atoms with Gasteiger partial charge in [0.2, 0.25) is 5.91 Å². The molecule has 2 aromatic rings. The Morgan fingerprint density at radius 3 is 2.57 bits per heavy atom. The Morgan fingerprint density at radius 2 is 2.00 bits per heavy atom. The predicted octanol–water partition coefficient (Wildman–Crippen LogP) is 3.37. The van der Waals surface area contributed by atoms with Crippen LogP contribution in [0.3, 0.4) is 0 Å². The first-order valence-corrected chi connectivity index (χ1v) is 10.7. The van der Waals surface area contributed by atoms with E-state index in [0.717, 1.165) is 23.5 Å². The Morgan fingerprint density at radius 1 is 1.27 bits per heavy atom. The van der Waals surface area contributed by atoms with Gasteiger partial charge in [-0.3, -0.25) is 14.5 Å². The number of aryl methyl sites for hydroxylation is 1. The van der Waals surface area contributed by atoms with Crippen LogP contribution in [0.25, 0.3) is 0 Å². The lowest BCUT2D eigenvalue weighted by Crippen LogP contribution is -2.37. The summed E-state index contributed by atoms with van der Waals surface area (Å²) in [5.74, 6) is -0.849. The number of methoxy groups -OCH3 is 1. The van der Waals surface area contributed by atoms with Gasteiger partial charge in [0.1, 0.15) is 10.8 Å². The minimum Gasteiger partial charge on any atom is -0.464 e. The standard InChI is InChI=1S/C21H26N4O4S/c1-12(2)25(14(4)26)18-10-15(9-16(23-18)21(28)29-5)20(27)24-8-6-7-17(24)19-22-13(3)11-30-19/h9-12,17H,6-8H2,1-5H3/t17-/m1/s1. The van der Waals surface area contributed by atoms with Crippen LogP contribution in [-0.2, 0) is 9.53 Å². The number of aromatic nitrogens is 2. The zero-order chi connectivity index (χ0) is 22.0. The summed E-state index contributed by atoms with van der Waals surface area (Å²) in [5.41, 5.74) is 1.22. The van der Waals surface area contributed by atoms with E-state index in [-0.39, 0.29) is 35.4 Å². The van der Waals surface area contributed by atoms with E-state index in [4.69, 9.17) is 4.74 Å². The number of nitrogens with zero attached hydrogens (tertiary/aromatic N) is 4. The number of amides is 2. The van der Waals surface area contributed by atoms with Gasteiger partial charge < -0.3 is 9.64 Å². The summed E-state index contributed by atoms with van der Waals surface area (Å²) >= 11 is 1.55. The van der Waals surface area contributed by atoms with Crippen LogP contribution in [-0.4, -0.2) is 52.3 Å². The molecule has 0 bridgehead atoms. The van der Waals surface area contributed by atoms with E-state index in [0.29, 0.717) is 12.1 Å². The summed E-state index contributed by atoms with van der Waals surface area (Å²) in [4.78, 5) is 49.9. The van der Waals surface area contributed by atoms with E-state index in [9.17, 15) is 14.4 Å². The minimum absolute atomic E-state index is 0.00825. The van der Waals surface area contributed by atoms with Crippen LogP contribution in [0.15, 0.2) is 17.5 Å². The van der Waals surface area contributed by atoms with Crippen LogP contribution in [0.4, 0.5) is 5.82 Å². The second-order valence-electron chi connectivity index (χ2n) is 7.56. The van der Waals surface area contributed by atoms with Gasteiger partial charge in [0.25, 0.3) is 5.91 Å². The van der Waals surface area contributed by atoms with E-state index in [1.165, 1.54) is 25.0 Å². The molecule has 1 fully saturated rings. The fourth-order valence-corrected chi connectivity index (χ4v) is 4.66. The Bertz CT molecular complexity index is 972. The largest absolute Gasteiger partial charge is 0.464 e. The smallest absolute Gasteiger partial charge is 0.356 e. The first-order chi connectivity index (χ1) is 14.2. The van der Waals surface area contributed by atoms with E-state index in [2.05, 4.69) is 9.97 Å². The number of anilines is 1. The predicted molar refractivity (Wildman–Crippen MR) is 114 cm³/mol. The van der Waals surface area contributed by atoms with Gasteiger partial charge in [-0.25, -0.2) is 14.8 Å². The van der Waals surface area contributed by atoms with Crippen LogP contribution >= 0.6 is 11.3 Å². The van der Waals surface area contributed by atoms with Crippen LogP contribution in [0.1, 0.15) is 71.2 Å². The van der Waals surface area contributed by atoms with Crippen molar-refractivity contribution in [2.75, 3.05) is 18.6 Å². The van der Waals surface area contributed by atoms with E-state index < -0.39 is 5.97 Å². The van der Waals surface area contributed by atoms with Gasteiger partial charge in [-0.15, -0.1) is 11.3 Å². The molecule has 1 saturated heterocycles. The summed E-state index contributed by atoms with van der Waals surface area (Å²) in [6.07, 6.45) is 1.72. The van der Waals surface area contributed by atoms with Crippen LogP contribution in [0.2, 0.25) is 0 Å². The summed E-state index contributed by atoms with van der Waals surface area (Å²) in [5, 5.41) is 2.89. The van der Waals surface area contributed by atoms with Gasteiger partial charge >= 0.3 is 5.97 Å². The monoisotopic (exact) mass is 430 g/mol. The molecular formula is C21H26N4O4S. The molecular weight excluding hydrogens is 404 g/mol. The molecule has 0 unspecified atom stereocenters. The average molecular weight is 431 g/mol. The molecule has 0 spiro atoms. The molecule has 0 radical (unpaired) electrons. The Balaban J connectivity index is 2.03. The topological polar surface area (TPSA) is 92.7 Å². The number of ether oxygens (including phenoxy) is 1. The van der Waals surface area contributed by atoms with Crippen LogP contribution in [0.5, 0.6) is 0 Å². The molecule has 30 heavy (non-hydrogen) atoms. The van der Waals surface area contributed by atoms with Crippen molar-refractivity contribution in [1.82, 2.24) is 14.9 Å². The molecule has 2 aromatic heterocycles. The van der Waals surface area contributed by atoms with Gasteiger partial charge in [-0.1, -0.05) is 0 Å². The van der Waals surface area contributed by atoms with Crippen LogP contribution < -0.4 is 4.90 Å². The van der Waals surface area contributed by atoms with Crippen molar-refractivity contribution in [3.8, 4) is 0 Å². The SMILES string of the molecule is COC(=O)c1cc(C(=O)N2CCC[C@@H]2c2nc(C)cs2)cc(N(C(C)=O)C(C)C)n1. The van der Waals surface area contributed by atoms with E-state index in [1.54, 1.807) is 22.3 Å². The van der Waals surface area contributed by atoms with Crippen molar-refractivity contribution in [2.24, 2.45) is 0 Å². The molecule has 0 saturated carbocycles. The Kier molecular flexibility index (Phi) is 6.50. The number of hydrogen-bond donors (Lipinski definition) is 0. The fourth-order valence-electron chi connectivity index (χ4n) is 3.72. The molecule has 3 heterocycles. The molecule has 0 aliphatic carbocycles. The first-order valence-electron chi connectivity index (χ1n) is 9.86. The zero-order valence-corrected chi connectivity index (χ0v) is 18.7. The molecule has 9 heteroatoms. The highest BCUT2D eigenvalue weighted by Gasteiger charge is 2.33. The summed E-state index contributed by atoms with van der Waals surface area (Å²) in [6, 6.07) is 2.71. The highest BCUT2D eigenvalue weighted by atomic mass is 32.1. The highest BCUT2D eigenvalue weighted by molar-refractivity contribution is 7.09. The summed E-state index contributed by atoms with van der Waals surface area (Å²) in [7, 11) is 1.25. The molecule has 2 amide bonds. The van der Waals surface area contributed by atoms with Gasteiger partial charge in [0.05, 0.1) is 13.2 Å². The second-order valence-corrected chi connectivity index (χ2v) is 8.45. The van der Waals surface area contributed by atoms with Gasteiger partial charge in [-0.05, 0) is 45.7 Å². The summed E-state index contributed by atoms with van der Waals surface area (Å²) < 4.78 is 4.81. The maximum Gasteiger partial charge on any atom is 0.356 e. The lowest BCUT2D eigenvalue weighted by molar-refractivity contribution is -0.116. The molecule has 160 valence electrons. The number of carbonyl (C=O) groups is 3. The molecule has 0 aromatic carbocycles. The molecule has 1 aliphatic heterocycles. The van der Waals surface area contributed by atoms with Crippen molar-refractivity contribution in [2.45, 2.75) is 52.6 Å². The zero-order valence-electron chi connectivity index (χ0n) is 17.8. The van der Waals surface area contributed by atoms with Gasteiger partial charge in [0.15, 0.2) is 5.69 Å².